The van der Waals surface area contributed by atoms with Gasteiger partial charge in [0.15, 0.2) is 5.69 Å². The van der Waals surface area contributed by atoms with Crippen molar-refractivity contribution >= 4 is 28.5 Å². The van der Waals surface area contributed by atoms with Crippen molar-refractivity contribution < 1.29 is 14.4 Å². The fourth-order valence-corrected chi connectivity index (χ4v) is 4.45. The number of amides is 3. The van der Waals surface area contributed by atoms with Gasteiger partial charge in [0.05, 0.1) is 11.4 Å². The summed E-state index contributed by atoms with van der Waals surface area (Å²) in [5, 5.41) is 5.07. The second kappa shape index (κ2) is 11.2. The first kappa shape index (κ1) is 25.1. The first-order valence-electron chi connectivity index (χ1n) is 12.3. The molecule has 188 valence electrons. The lowest BCUT2D eigenvalue weighted by molar-refractivity contribution is -0.135. The van der Waals surface area contributed by atoms with E-state index in [-0.39, 0.29) is 35.0 Å². The number of nitrogens with one attached hydrogen (secondary N) is 2. The van der Waals surface area contributed by atoms with Crippen LogP contribution >= 0.6 is 0 Å². The number of piperidine rings is 1. The lowest BCUT2D eigenvalue weighted by Crippen LogP contribution is -2.48. The van der Waals surface area contributed by atoms with E-state index in [0.717, 1.165) is 5.56 Å². The van der Waals surface area contributed by atoms with Gasteiger partial charge >= 0.3 is 0 Å². The molecule has 0 saturated carbocycles. The summed E-state index contributed by atoms with van der Waals surface area (Å²) in [6, 6.07) is 16.4. The van der Waals surface area contributed by atoms with Crippen molar-refractivity contribution in [2.45, 2.75) is 45.6 Å². The summed E-state index contributed by atoms with van der Waals surface area (Å²) in [6.45, 7) is 4.63. The van der Waals surface area contributed by atoms with Crippen molar-refractivity contribution in [3.8, 4) is 0 Å². The number of hydrazine groups is 1. The van der Waals surface area contributed by atoms with Crippen molar-refractivity contribution in [2.24, 2.45) is 5.92 Å². The molecule has 3 aromatic rings. The minimum Gasteiger partial charge on any atom is -0.343 e. The molecule has 1 saturated heterocycles. The minimum absolute atomic E-state index is 0.0676. The van der Waals surface area contributed by atoms with Gasteiger partial charge in [0, 0.05) is 30.8 Å². The van der Waals surface area contributed by atoms with E-state index in [1.807, 2.05) is 44.2 Å². The molecule has 0 radical (unpaired) electrons. The van der Waals surface area contributed by atoms with Crippen molar-refractivity contribution in [3.63, 3.8) is 0 Å². The van der Waals surface area contributed by atoms with E-state index in [2.05, 4.69) is 16.0 Å². The molecule has 9 heteroatoms. The highest BCUT2D eigenvalue weighted by atomic mass is 16.2. The predicted octanol–water partition coefficient (Wildman–Crippen LogP) is 2.61. The molecular formula is C27H31N5O4. The summed E-state index contributed by atoms with van der Waals surface area (Å²) in [4.78, 5) is 52.7. The number of hydrogen-bond acceptors (Lipinski definition) is 5. The Bertz CT molecular complexity index is 1310. The zero-order chi connectivity index (χ0) is 25.7. The number of rotatable bonds is 6. The Morgan fingerprint density at radius 1 is 0.944 bits per heavy atom. The van der Waals surface area contributed by atoms with E-state index >= 15 is 0 Å². The molecule has 1 aliphatic rings. The van der Waals surface area contributed by atoms with Gasteiger partial charge in [0.25, 0.3) is 11.5 Å². The van der Waals surface area contributed by atoms with Crippen LogP contribution in [-0.2, 0) is 16.0 Å². The highest BCUT2D eigenvalue weighted by molar-refractivity contribution is 6.05. The summed E-state index contributed by atoms with van der Waals surface area (Å²) >= 11 is 0. The Kier molecular flexibility index (Phi) is 7.77. The standard InChI is InChI=1S/C27H31N5O4/c1-18(2)32-27(36)22-11-7-6-10-21(22)24(30-32)26(35)29-28-25(34)20-14-16-31(17-15-20)23(33)13-12-19-8-4-3-5-9-19/h3-11,18,20H,12-17H2,1-2H3,(H,28,34)(H,29,35). The number of aromatic nitrogens is 2. The fourth-order valence-electron chi connectivity index (χ4n) is 4.45. The van der Waals surface area contributed by atoms with Crippen LogP contribution in [-0.4, -0.2) is 45.5 Å². The van der Waals surface area contributed by atoms with Gasteiger partial charge in [0.1, 0.15) is 0 Å². The number of nitrogens with zero attached hydrogens (tertiary/aromatic N) is 3. The lowest BCUT2D eigenvalue weighted by Gasteiger charge is -2.31. The zero-order valence-corrected chi connectivity index (χ0v) is 20.6. The van der Waals surface area contributed by atoms with Crippen LogP contribution in [0.5, 0.6) is 0 Å². The van der Waals surface area contributed by atoms with E-state index in [1.54, 1.807) is 29.2 Å². The second-order valence-electron chi connectivity index (χ2n) is 9.32. The molecule has 0 aliphatic carbocycles. The smallest absolute Gasteiger partial charge is 0.290 e. The van der Waals surface area contributed by atoms with Gasteiger partial charge in [-0.15, -0.1) is 0 Å². The van der Waals surface area contributed by atoms with Crippen molar-refractivity contribution in [2.75, 3.05) is 13.1 Å². The molecule has 0 unspecified atom stereocenters. The second-order valence-corrected chi connectivity index (χ2v) is 9.32. The highest BCUT2D eigenvalue weighted by Crippen LogP contribution is 2.19. The SMILES string of the molecule is CC(C)n1nc(C(=O)NNC(=O)C2CCN(C(=O)CCc3ccccc3)CC2)c2ccccc2c1=O. The first-order chi connectivity index (χ1) is 17.3. The average Bonchev–Trinajstić information content (AvgIpc) is 2.91. The molecule has 4 rings (SSSR count). The zero-order valence-electron chi connectivity index (χ0n) is 20.6. The summed E-state index contributed by atoms with van der Waals surface area (Å²) in [7, 11) is 0. The maximum atomic E-state index is 12.9. The number of aryl methyl sites for hydroxylation is 1. The van der Waals surface area contributed by atoms with Crippen LogP contribution in [0.2, 0.25) is 0 Å². The first-order valence-corrected chi connectivity index (χ1v) is 12.3. The van der Waals surface area contributed by atoms with Crippen LogP contribution < -0.4 is 16.4 Å². The van der Waals surface area contributed by atoms with Crippen LogP contribution in [0.4, 0.5) is 0 Å². The number of carbonyl (C=O) groups excluding carboxylic acids is 3. The lowest BCUT2D eigenvalue weighted by atomic mass is 9.95. The minimum atomic E-state index is -0.595. The Balaban J connectivity index is 1.32. The van der Waals surface area contributed by atoms with Crippen LogP contribution in [0.25, 0.3) is 10.8 Å². The molecular weight excluding hydrogens is 458 g/mol. The van der Waals surface area contributed by atoms with E-state index in [9.17, 15) is 19.2 Å². The molecule has 9 nitrogen and oxygen atoms in total. The quantitative estimate of drug-likeness (QED) is 0.517. The Hall–Kier alpha value is -4.01. The molecule has 2 N–H and O–H groups in total. The van der Waals surface area contributed by atoms with Crippen molar-refractivity contribution in [1.82, 2.24) is 25.5 Å². The molecule has 3 amide bonds. The molecule has 1 aliphatic heterocycles. The van der Waals surface area contributed by atoms with Crippen LogP contribution in [0, 0.1) is 5.92 Å². The molecule has 2 heterocycles. The van der Waals surface area contributed by atoms with Crippen molar-refractivity contribution in [3.05, 3.63) is 76.2 Å². The maximum absolute atomic E-state index is 12.9. The fraction of sp³-hybridized carbons (Fsp3) is 0.370. The third-order valence-corrected chi connectivity index (χ3v) is 6.52. The number of likely N-dealkylation sites (tertiary alicyclic amines) is 1. The third-order valence-electron chi connectivity index (χ3n) is 6.52. The van der Waals surface area contributed by atoms with E-state index in [4.69, 9.17) is 0 Å². The maximum Gasteiger partial charge on any atom is 0.290 e. The summed E-state index contributed by atoms with van der Waals surface area (Å²) in [5.41, 5.74) is 5.87. The van der Waals surface area contributed by atoms with E-state index in [0.29, 0.717) is 49.5 Å². The Morgan fingerprint density at radius 3 is 2.25 bits per heavy atom. The van der Waals surface area contributed by atoms with Gasteiger partial charge in [-0.05, 0) is 44.7 Å². The summed E-state index contributed by atoms with van der Waals surface area (Å²) < 4.78 is 1.27. The van der Waals surface area contributed by atoms with Gasteiger partial charge in [0.2, 0.25) is 11.8 Å². The largest absolute Gasteiger partial charge is 0.343 e. The van der Waals surface area contributed by atoms with E-state index < -0.39 is 5.91 Å². The van der Waals surface area contributed by atoms with Gasteiger partial charge in [-0.3, -0.25) is 30.0 Å². The van der Waals surface area contributed by atoms with Crippen LogP contribution in [0.3, 0.4) is 0 Å². The molecule has 36 heavy (non-hydrogen) atoms. The normalized spacial score (nSPS) is 14.1. The van der Waals surface area contributed by atoms with Gasteiger partial charge in [-0.25, -0.2) is 4.68 Å². The molecule has 1 fully saturated rings. The number of carbonyl (C=O) groups is 3. The van der Waals surface area contributed by atoms with E-state index in [1.165, 1.54) is 4.68 Å². The third kappa shape index (κ3) is 5.62. The average molecular weight is 490 g/mol. The molecule has 0 atom stereocenters. The number of hydrogen-bond donors (Lipinski definition) is 2. The van der Waals surface area contributed by atoms with Crippen molar-refractivity contribution in [1.29, 1.82) is 0 Å². The number of benzene rings is 2. The predicted molar refractivity (Wildman–Crippen MR) is 136 cm³/mol. The van der Waals surface area contributed by atoms with Crippen LogP contribution in [0.15, 0.2) is 59.4 Å². The van der Waals surface area contributed by atoms with Gasteiger partial charge in [-0.1, -0.05) is 48.5 Å². The van der Waals surface area contributed by atoms with Crippen LogP contribution in [0.1, 0.15) is 55.2 Å². The molecule has 0 bridgehead atoms. The highest BCUT2D eigenvalue weighted by Gasteiger charge is 2.28. The number of fused-ring (bicyclic) bond motifs is 1. The molecule has 0 spiro atoms. The molecule has 2 aromatic carbocycles. The van der Waals surface area contributed by atoms with Gasteiger partial charge < -0.3 is 4.90 Å². The molecule has 1 aromatic heterocycles. The Morgan fingerprint density at radius 2 is 1.58 bits per heavy atom. The monoisotopic (exact) mass is 489 g/mol. The topological polar surface area (TPSA) is 113 Å². The van der Waals surface area contributed by atoms with Gasteiger partial charge in [-0.2, -0.15) is 5.10 Å². The Labute approximate surface area is 209 Å². The summed E-state index contributed by atoms with van der Waals surface area (Å²) in [5.74, 6) is -1.12. The summed E-state index contributed by atoms with van der Waals surface area (Å²) in [6.07, 6.45) is 2.19.